The van der Waals surface area contributed by atoms with Crippen LogP contribution in [0.25, 0.3) is 0 Å². The maximum Gasteiger partial charge on any atom is 0.429 e. The van der Waals surface area contributed by atoms with E-state index >= 15 is 0 Å². The van der Waals surface area contributed by atoms with Gasteiger partial charge in [-0.2, -0.15) is 4.41 Å². The molecule has 2 fully saturated rings. The van der Waals surface area contributed by atoms with Crippen LogP contribution in [0.4, 0.5) is 10.5 Å². The van der Waals surface area contributed by atoms with Crippen molar-refractivity contribution in [3.8, 4) is 0 Å². The van der Waals surface area contributed by atoms with Crippen molar-refractivity contribution in [3.05, 3.63) is 28.2 Å². The highest BCUT2D eigenvalue weighted by Crippen LogP contribution is 2.37. The molecule has 2 heterocycles. The summed E-state index contributed by atoms with van der Waals surface area (Å²) in [4.78, 5) is 35.4. The summed E-state index contributed by atoms with van der Waals surface area (Å²) in [5.74, 6) is -0.332. The van der Waals surface area contributed by atoms with Gasteiger partial charge >= 0.3 is 6.09 Å². The van der Waals surface area contributed by atoms with Crippen molar-refractivity contribution in [2.24, 2.45) is 0 Å². The molecule has 0 bridgehead atoms. The first-order valence-corrected chi connectivity index (χ1v) is 12.8. The van der Waals surface area contributed by atoms with E-state index in [9.17, 15) is 18.4 Å². The predicted octanol–water partition coefficient (Wildman–Crippen LogP) is 2.60. The zero-order chi connectivity index (χ0) is 25.2. The molecule has 3 rings (SSSR count). The Labute approximate surface area is 212 Å². The van der Waals surface area contributed by atoms with Crippen LogP contribution < -0.4 is 10.3 Å². The lowest BCUT2D eigenvalue weighted by Crippen LogP contribution is -2.76. The lowest BCUT2D eigenvalue weighted by molar-refractivity contribution is -0.130. The van der Waals surface area contributed by atoms with Crippen molar-refractivity contribution < 1.29 is 23.2 Å². The molecule has 34 heavy (non-hydrogen) atoms. The number of halogens is 2. The van der Waals surface area contributed by atoms with Crippen LogP contribution in [0.5, 0.6) is 0 Å². The van der Waals surface area contributed by atoms with E-state index < -0.39 is 35.0 Å². The number of piperazine rings is 1. The monoisotopic (exact) mass is 534 g/mol. The van der Waals surface area contributed by atoms with Crippen molar-refractivity contribution in [2.45, 2.75) is 51.2 Å². The lowest BCUT2D eigenvalue weighted by Gasteiger charge is -2.56. The van der Waals surface area contributed by atoms with Crippen LogP contribution in [0, 0.1) is 0 Å². The number of rotatable bonds is 7. The van der Waals surface area contributed by atoms with Crippen molar-refractivity contribution in [1.29, 1.82) is 0 Å². The van der Waals surface area contributed by atoms with Gasteiger partial charge in [0.05, 0.1) is 21.6 Å². The van der Waals surface area contributed by atoms with Crippen LogP contribution in [0.1, 0.15) is 33.6 Å². The minimum Gasteiger partial charge on any atom is -0.759 e. The smallest absolute Gasteiger partial charge is 0.429 e. The summed E-state index contributed by atoms with van der Waals surface area (Å²) in [5, 5.41) is 2.41. The molecule has 190 valence electrons. The van der Waals surface area contributed by atoms with Crippen molar-refractivity contribution >= 4 is 52.0 Å². The number of nitrogens with one attached hydrogen (secondary N) is 1. The van der Waals surface area contributed by atoms with Gasteiger partial charge in [0, 0.05) is 50.2 Å². The minimum atomic E-state index is -2.63. The van der Waals surface area contributed by atoms with E-state index in [1.807, 2.05) is 17.9 Å². The second kappa shape index (κ2) is 11.1. The van der Waals surface area contributed by atoms with E-state index in [1.165, 1.54) is 18.9 Å². The van der Waals surface area contributed by atoms with Crippen LogP contribution in [0.15, 0.2) is 18.2 Å². The molecule has 10 nitrogen and oxygen atoms in total. The van der Waals surface area contributed by atoms with E-state index in [-0.39, 0.29) is 12.3 Å². The van der Waals surface area contributed by atoms with Gasteiger partial charge in [0.15, 0.2) is 5.78 Å². The number of hydrogen-bond acceptors (Lipinski definition) is 8. The Morgan fingerprint density at radius 2 is 1.88 bits per heavy atom. The Kier molecular flexibility index (Phi) is 8.83. The third-order valence-electron chi connectivity index (χ3n) is 6.71. The van der Waals surface area contributed by atoms with Gasteiger partial charge in [0.2, 0.25) is 0 Å². The standard InChI is InChI=1S/C21H31Cl2N5O5S/c1-14(29)19(24-25(4)34(31)32)21(3)15(2)27(16-7-8-17(22)18(23)13-16)11-12-28(21)20(30)33-26-9-5-6-10-26/h7-8,13,15,19,24H,5-6,9-12H2,1-4H3,(H,31,32)/p-1/t15?,19?,21-/m0/s1. The average molecular weight is 535 g/mol. The Morgan fingerprint density at radius 3 is 2.44 bits per heavy atom. The summed E-state index contributed by atoms with van der Waals surface area (Å²) in [5.41, 5.74) is 2.34. The molecule has 1 aromatic carbocycles. The van der Waals surface area contributed by atoms with Crippen molar-refractivity contribution in [1.82, 2.24) is 19.8 Å². The van der Waals surface area contributed by atoms with E-state index in [2.05, 4.69) is 5.43 Å². The first-order valence-electron chi connectivity index (χ1n) is 11.0. The van der Waals surface area contributed by atoms with E-state index in [4.69, 9.17) is 28.0 Å². The molecule has 2 aliphatic rings. The molecule has 1 N–H and O–H groups in total. The highest BCUT2D eigenvalue weighted by molar-refractivity contribution is 7.76. The number of carbonyl (C=O) groups excluding carboxylic acids is 2. The Morgan fingerprint density at radius 1 is 1.24 bits per heavy atom. The molecule has 3 unspecified atom stereocenters. The summed E-state index contributed by atoms with van der Waals surface area (Å²) >= 11 is 9.72. The third-order valence-corrected chi connectivity index (χ3v) is 8.00. The van der Waals surface area contributed by atoms with Crippen LogP contribution >= 0.6 is 23.2 Å². The number of amides is 1. The van der Waals surface area contributed by atoms with Gasteiger partial charge < -0.3 is 14.3 Å². The molecule has 13 heteroatoms. The molecule has 1 amide bonds. The largest absolute Gasteiger partial charge is 0.759 e. The van der Waals surface area contributed by atoms with Crippen molar-refractivity contribution in [2.75, 3.05) is 38.1 Å². The fourth-order valence-electron chi connectivity index (χ4n) is 4.68. The maximum absolute atomic E-state index is 13.3. The number of hydrogen-bond donors (Lipinski definition) is 1. The maximum atomic E-state index is 13.3. The molecule has 1 aromatic rings. The third kappa shape index (κ3) is 5.51. The Bertz CT molecular complexity index is 950. The fourth-order valence-corrected chi connectivity index (χ4v) is 5.17. The minimum absolute atomic E-state index is 0.239. The van der Waals surface area contributed by atoms with Gasteiger partial charge in [-0.1, -0.05) is 23.2 Å². The summed E-state index contributed by atoms with van der Waals surface area (Å²) in [6.45, 7) is 6.97. The second-order valence-corrected chi connectivity index (χ2v) is 10.5. The van der Waals surface area contributed by atoms with E-state index in [1.54, 1.807) is 24.1 Å². The zero-order valence-corrected chi connectivity index (χ0v) is 22.0. The first kappa shape index (κ1) is 27.1. The number of hydroxylamine groups is 2. The molecule has 0 spiro atoms. The molecule has 4 atom stereocenters. The number of benzene rings is 1. The number of nitrogens with zero attached hydrogens (tertiary/aromatic N) is 4. The molecule has 0 radical (unpaired) electrons. The van der Waals surface area contributed by atoms with Crippen LogP contribution in [-0.2, 0) is 20.9 Å². The Balaban J connectivity index is 2.01. The molecule has 0 aromatic heterocycles. The molecule has 2 aliphatic heterocycles. The lowest BCUT2D eigenvalue weighted by atomic mass is 9.79. The number of Topliss-reactive ketones (excluding diaryl/α,β-unsaturated/α-hetero) is 1. The number of anilines is 1. The second-order valence-electron chi connectivity index (χ2n) is 8.73. The quantitative estimate of drug-likeness (QED) is 0.420. The molecular weight excluding hydrogens is 505 g/mol. The average Bonchev–Trinajstić information content (AvgIpc) is 3.28. The Hall–Kier alpha value is -1.47. The molecule has 0 aliphatic carbocycles. The van der Waals surface area contributed by atoms with Gasteiger partial charge in [-0.15, -0.1) is 5.06 Å². The van der Waals surface area contributed by atoms with Crippen molar-refractivity contribution in [3.63, 3.8) is 0 Å². The van der Waals surface area contributed by atoms with Crippen LogP contribution in [-0.4, -0.2) is 85.9 Å². The number of carbonyl (C=O) groups is 2. The van der Waals surface area contributed by atoms with Gasteiger partial charge in [0.1, 0.15) is 6.04 Å². The zero-order valence-electron chi connectivity index (χ0n) is 19.6. The first-order chi connectivity index (χ1) is 16.0. The topological polar surface area (TPSA) is 108 Å². The summed E-state index contributed by atoms with van der Waals surface area (Å²) in [6.07, 6.45) is 1.29. The van der Waals surface area contributed by atoms with Gasteiger partial charge in [-0.05, 0) is 51.8 Å². The summed E-state index contributed by atoms with van der Waals surface area (Å²) in [7, 11) is 1.29. The van der Waals surface area contributed by atoms with Gasteiger partial charge in [-0.3, -0.25) is 13.9 Å². The van der Waals surface area contributed by atoms with Gasteiger partial charge in [0.25, 0.3) is 0 Å². The van der Waals surface area contributed by atoms with Gasteiger partial charge in [-0.25, -0.2) is 10.2 Å². The highest BCUT2D eigenvalue weighted by Gasteiger charge is 2.54. The summed E-state index contributed by atoms with van der Waals surface area (Å²) in [6, 6.07) is 3.74. The predicted molar refractivity (Wildman–Crippen MR) is 130 cm³/mol. The molecular formula is C21H30Cl2N5O5S-. The fraction of sp³-hybridized carbons (Fsp3) is 0.619. The number of hydrazine groups is 1. The SMILES string of the molecule is CC(=O)C(NN(C)S(=O)[O-])[C@]1(C)C(C)N(c2ccc(Cl)c(Cl)c2)CCN1C(=O)ON1CCCC1. The molecule has 0 saturated carbocycles. The normalized spacial score (nSPS) is 25.5. The number of ketones is 1. The van der Waals surface area contributed by atoms with Crippen LogP contribution in [0.3, 0.4) is 0 Å². The van der Waals surface area contributed by atoms with Crippen LogP contribution in [0.2, 0.25) is 10.0 Å². The van der Waals surface area contributed by atoms with E-state index in [0.717, 1.165) is 22.9 Å². The van der Waals surface area contributed by atoms with E-state index in [0.29, 0.717) is 29.7 Å². The highest BCUT2D eigenvalue weighted by atomic mass is 35.5. The summed E-state index contributed by atoms with van der Waals surface area (Å²) < 4.78 is 23.9. The molecule has 2 saturated heterocycles.